The molecule has 0 amide bonds. The van der Waals surface area contributed by atoms with Crippen molar-refractivity contribution in [3.8, 4) is 11.5 Å². The third-order valence-corrected chi connectivity index (χ3v) is 4.02. The van der Waals surface area contributed by atoms with Gasteiger partial charge in [0.15, 0.2) is 17.3 Å². The summed E-state index contributed by atoms with van der Waals surface area (Å²) in [6, 6.07) is 13.9. The molecule has 0 aliphatic heterocycles. The van der Waals surface area contributed by atoms with E-state index in [9.17, 15) is 4.79 Å². The van der Waals surface area contributed by atoms with Gasteiger partial charge in [-0.15, -0.1) is 0 Å². The Morgan fingerprint density at radius 1 is 1.26 bits per heavy atom. The van der Waals surface area contributed by atoms with E-state index in [1.165, 1.54) is 7.11 Å². The number of esters is 1. The second-order valence-corrected chi connectivity index (χ2v) is 5.91. The fourth-order valence-corrected chi connectivity index (χ4v) is 2.58. The van der Waals surface area contributed by atoms with E-state index in [-0.39, 0.29) is 0 Å². The Morgan fingerprint density at radius 3 is 2.74 bits per heavy atom. The van der Waals surface area contributed by atoms with Crippen LogP contribution in [0.15, 0.2) is 53.6 Å². The molecule has 8 heteroatoms. The molecule has 1 N–H and O–H groups in total. The minimum absolute atomic E-state index is 0.331. The van der Waals surface area contributed by atoms with Gasteiger partial charge in [-0.05, 0) is 48.1 Å². The van der Waals surface area contributed by atoms with Crippen molar-refractivity contribution >= 4 is 24.4 Å². The summed E-state index contributed by atoms with van der Waals surface area (Å²) in [4.78, 5) is 12.2. The maximum atomic E-state index is 12.2. The molecule has 3 rings (SSSR count). The van der Waals surface area contributed by atoms with Crippen LogP contribution >= 0.6 is 12.2 Å². The Bertz CT molecular complexity index is 1020. The normalized spacial score (nSPS) is 10.9. The van der Waals surface area contributed by atoms with Gasteiger partial charge in [0, 0.05) is 6.42 Å². The lowest BCUT2D eigenvalue weighted by Crippen LogP contribution is -2.09. The molecular formula is C19H18N4O3S. The van der Waals surface area contributed by atoms with Crippen molar-refractivity contribution in [1.29, 1.82) is 0 Å². The highest BCUT2D eigenvalue weighted by molar-refractivity contribution is 7.71. The first kappa shape index (κ1) is 18.5. The average molecular weight is 382 g/mol. The van der Waals surface area contributed by atoms with Gasteiger partial charge in [-0.3, -0.25) is 5.10 Å². The number of nitrogens with zero attached hydrogens (tertiary/aromatic N) is 3. The van der Waals surface area contributed by atoms with Crippen LogP contribution in [-0.2, 0) is 6.42 Å². The number of methoxy groups -OCH3 is 1. The summed E-state index contributed by atoms with van der Waals surface area (Å²) < 4.78 is 12.8. The fraction of sp³-hybridized carbons (Fsp3) is 0.158. The molecule has 138 valence electrons. The van der Waals surface area contributed by atoms with E-state index >= 15 is 0 Å². The van der Waals surface area contributed by atoms with Crippen molar-refractivity contribution in [2.75, 3.05) is 7.11 Å². The fourth-order valence-electron chi connectivity index (χ4n) is 2.38. The Kier molecular flexibility index (Phi) is 5.77. The van der Waals surface area contributed by atoms with Crippen LogP contribution in [0.4, 0.5) is 0 Å². The van der Waals surface area contributed by atoms with Crippen molar-refractivity contribution in [2.24, 2.45) is 5.10 Å². The number of carbonyl (C=O) groups excluding carboxylic acids is 1. The molecule has 0 aliphatic rings. The van der Waals surface area contributed by atoms with E-state index in [0.29, 0.717) is 28.3 Å². The Balaban J connectivity index is 1.82. The number of aromatic nitrogens is 3. The van der Waals surface area contributed by atoms with Gasteiger partial charge in [0.1, 0.15) is 0 Å². The lowest BCUT2D eigenvalue weighted by molar-refractivity contribution is 0.0729. The van der Waals surface area contributed by atoms with Crippen LogP contribution in [0.3, 0.4) is 0 Å². The molecule has 1 heterocycles. The molecule has 3 aromatic rings. The quantitative estimate of drug-likeness (QED) is 0.305. The molecule has 0 fully saturated rings. The van der Waals surface area contributed by atoms with Crippen molar-refractivity contribution in [3.05, 3.63) is 70.3 Å². The summed E-state index contributed by atoms with van der Waals surface area (Å²) in [5.41, 5.74) is 1.23. The molecule has 2 aromatic carbocycles. The first-order chi connectivity index (χ1) is 13.1. The molecule has 0 aliphatic carbocycles. The highest BCUT2D eigenvalue weighted by atomic mass is 32.1. The molecule has 7 nitrogen and oxygen atoms in total. The number of hydrogen-bond donors (Lipinski definition) is 1. The van der Waals surface area contributed by atoms with Crippen LogP contribution in [0, 0.1) is 4.77 Å². The van der Waals surface area contributed by atoms with Crippen LogP contribution in [0.2, 0.25) is 0 Å². The predicted molar refractivity (Wildman–Crippen MR) is 104 cm³/mol. The standard InChI is InChI=1S/C19H18N4O3S/c1-3-17-21-22-19(27)23(17)20-12-13-9-10-15(16(11-13)25-2)26-18(24)14-7-5-4-6-8-14/h4-12H,3H2,1-2H3,(H,22,27). The number of carbonyl (C=O) groups is 1. The summed E-state index contributed by atoms with van der Waals surface area (Å²) in [7, 11) is 1.51. The molecule has 0 bridgehead atoms. The lowest BCUT2D eigenvalue weighted by atomic mass is 10.2. The van der Waals surface area contributed by atoms with E-state index < -0.39 is 5.97 Å². The van der Waals surface area contributed by atoms with Gasteiger partial charge < -0.3 is 9.47 Å². The molecule has 0 saturated heterocycles. The minimum atomic E-state index is -0.451. The zero-order valence-electron chi connectivity index (χ0n) is 14.9. The summed E-state index contributed by atoms with van der Waals surface area (Å²) in [5, 5.41) is 11.2. The van der Waals surface area contributed by atoms with Crippen LogP contribution in [-0.4, -0.2) is 34.2 Å². The Hall–Kier alpha value is -3.26. The van der Waals surface area contributed by atoms with Crippen LogP contribution < -0.4 is 9.47 Å². The summed E-state index contributed by atoms with van der Waals surface area (Å²) in [5.74, 6) is 1.04. The highest BCUT2D eigenvalue weighted by Crippen LogP contribution is 2.28. The molecule has 27 heavy (non-hydrogen) atoms. The van der Waals surface area contributed by atoms with E-state index in [2.05, 4.69) is 15.3 Å². The smallest absolute Gasteiger partial charge is 0.343 e. The van der Waals surface area contributed by atoms with Crippen LogP contribution in [0.25, 0.3) is 0 Å². The highest BCUT2D eigenvalue weighted by Gasteiger charge is 2.12. The minimum Gasteiger partial charge on any atom is -0.493 e. The van der Waals surface area contributed by atoms with E-state index in [0.717, 1.165) is 11.4 Å². The topological polar surface area (TPSA) is 81.5 Å². The SMILES string of the molecule is CCc1n[nH]c(=S)n1N=Cc1ccc(OC(=O)c2ccccc2)c(OC)c1. The van der Waals surface area contributed by atoms with Gasteiger partial charge in [0.05, 0.1) is 18.9 Å². The van der Waals surface area contributed by atoms with Crippen LogP contribution in [0.5, 0.6) is 11.5 Å². The summed E-state index contributed by atoms with van der Waals surface area (Å²) in [6.07, 6.45) is 2.33. The maximum Gasteiger partial charge on any atom is 0.343 e. The number of nitrogens with one attached hydrogen (secondary N) is 1. The number of H-pyrrole nitrogens is 1. The number of ether oxygens (including phenoxy) is 2. The maximum absolute atomic E-state index is 12.2. The van der Waals surface area contributed by atoms with Crippen LogP contribution in [0.1, 0.15) is 28.7 Å². The molecular weight excluding hydrogens is 364 g/mol. The monoisotopic (exact) mass is 382 g/mol. The van der Waals surface area contributed by atoms with Crippen molar-refractivity contribution in [1.82, 2.24) is 14.9 Å². The number of rotatable bonds is 6. The molecule has 0 saturated carbocycles. The van der Waals surface area contributed by atoms with Gasteiger partial charge in [0.25, 0.3) is 0 Å². The molecule has 0 spiro atoms. The van der Waals surface area contributed by atoms with E-state index in [1.807, 2.05) is 13.0 Å². The van der Waals surface area contributed by atoms with Gasteiger partial charge in [-0.2, -0.15) is 14.9 Å². The molecule has 0 atom stereocenters. The number of aryl methyl sites for hydroxylation is 1. The average Bonchev–Trinajstić information content (AvgIpc) is 3.07. The van der Waals surface area contributed by atoms with Crippen molar-refractivity contribution in [3.63, 3.8) is 0 Å². The summed E-state index contributed by atoms with van der Waals surface area (Å²) >= 11 is 5.17. The number of benzene rings is 2. The molecule has 0 unspecified atom stereocenters. The van der Waals surface area contributed by atoms with Gasteiger partial charge in [0.2, 0.25) is 4.77 Å². The van der Waals surface area contributed by atoms with E-state index in [1.54, 1.807) is 53.4 Å². The molecule has 1 aromatic heterocycles. The number of hydrogen-bond acceptors (Lipinski definition) is 6. The van der Waals surface area contributed by atoms with Crippen molar-refractivity contribution < 1.29 is 14.3 Å². The van der Waals surface area contributed by atoms with Gasteiger partial charge >= 0.3 is 5.97 Å². The second-order valence-electron chi connectivity index (χ2n) is 5.52. The van der Waals surface area contributed by atoms with Gasteiger partial charge in [-0.1, -0.05) is 25.1 Å². The zero-order valence-corrected chi connectivity index (χ0v) is 15.7. The van der Waals surface area contributed by atoms with E-state index in [4.69, 9.17) is 21.7 Å². The second kappa shape index (κ2) is 8.41. The first-order valence-electron chi connectivity index (χ1n) is 8.28. The number of aromatic amines is 1. The molecule has 0 radical (unpaired) electrons. The Labute approximate surface area is 161 Å². The summed E-state index contributed by atoms with van der Waals surface area (Å²) in [6.45, 7) is 1.97. The third kappa shape index (κ3) is 4.29. The zero-order chi connectivity index (χ0) is 19.2. The first-order valence-corrected chi connectivity index (χ1v) is 8.69. The lowest BCUT2D eigenvalue weighted by Gasteiger charge is -2.10. The predicted octanol–water partition coefficient (Wildman–Crippen LogP) is 3.61. The largest absolute Gasteiger partial charge is 0.493 e. The van der Waals surface area contributed by atoms with Crippen molar-refractivity contribution in [2.45, 2.75) is 13.3 Å². The Morgan fingerprint density at radius 2 is 2.04 bits per heavy atom. The third-order valence-electron chi connectivity index (χ3n) is 3.76. The van der Waals surface area contributed by atoms with Gasteiger partial charge in [-0.25, -0.2) is 4.79 Å².